The van der Waals surface area contributed by atoms with E-state index < -0.39 is 4.92 Å². The van der Waals surface area contributed by atoms with E-state index in [4.69, 9.17) is 4.74 Å². The van der Waals surface area contributed by atoms with Crippen molar-refractivity contribution in [2.45, 2.75) is 6.54 Å². The third kappa shape index (κ3) is 3.12. The topological polar surface area (TPSA) is 103 Å². The van der Waals surface area contributed by atoms with Crippen molar-refractivity contribution in [1.82, 2.24) is 15.0 Å². The minimum absolute atomic E-state index is 0.149. The van der Waals surface area contributed by atoms with Gasteiger partial charge in [-0.25, -0.2) is 15.0 Å². The van der Waals surface area contributed by atoms with Crippen molar-refractivity contribution in [2.75, 3.05) is 12.4 Å². The Kier molecular flexibility index (Phi) is 3.81. The molecule has 0 bridgehead atoms. The van der Waals surface area contributed by atoms with Crippen molar-refractivity contribution in [3.05, 3.63) is 46.4 Å². The molecule has 1 N–H and O–H groups in total. The Morgan fingerprint density at radius 2 is 2.11 bits per heavy atom. The number of ether oxygens (including phenoxy) is 1. The molecule has 0 spiro atoms. The van der Waals surface area contributed by atoms with Crippen LogP contribution in [0.25, 0.3) is 0 Å². The summed E-state index contributed by atoms with van der Waals surface area (Å²) in [7, 11) is 1.54. The zero-order valence-electron chi connectivity index (χ0n) is 10.1. The predicted molar refractivity (Wildman–Crippen MR) is 66.8 cm³/mol. The van der Waals surface area contributed by atoms with Gasteiger partial charge in [-0.15, -0.1) is 0 Å². The lowest BCUT2D eigenvalue weighted by Gasteiger charge is -2.07. The molecule has 98 valence electrons. The van der Waals surface area contributed by atoms with E-state index in [1.807, 2.05) is 6.07 Å². The monoisotopic (exact) mass is 261 g/mol. The van der Waals surface area contributed by atoms with Gasteiger partial charge in [0.25, 0.3) is 0 Å². The smallest absolute Gasteiger partial charge is 0.305 e. The first-order valence-electron chi connectivity index (χ1n) is 5.39. The second-order valence-electron chi connectivity index (χ2n) is 3.55. The average Bonchev–Trinajstić information content (AvgIpc) is 2.45. The van der Waals surface area contributed by atoms with Crippen LogP contribution in [0.3, 0.4) is 0 Å². The molecule has 8 heteroatoms. The van der Waals surface area contributed by atoms with E-state index in [2.05, 4.69) is 20.3 Å². The first-order valence-corrected chi connectivity index (χ1v) is 5.39. The molecule has 0 radical (unpaired) electrons. The van der Waals surface area contributed by atoms with Crippen LogP contribution in [-0.2, 0) is 6.54 Å². The van der Waals surface area contributed by atoms with E-state index in [9.17, 15) is 10.1 Å². The SMILES string of the molecule is COc1ncccc1CNc1ncc([N+](=O)[O-])cn1. The van der Waals surface area contributed by atoms with E-state index in [0.717, 1.165) is 18.0 Å². The minimum atomic E-state index is -0.548. The summed E-state index contributed by atoms with van der Waals surface area (Å²) >= 11 is 0. The lowest BCUT2D eigenvalue weighted by Crippen LogP contribution is -2.05. The fraction of sp³-hybridized carbons (Fsp3) is 0.182. The molecule has 0 aliphatic rings. The quantitative estimate of drug-likeness (QED) is 0.640. The average molecular weight is 261 g/mol. The number of rotatable bonds is 5. The Morgan fingerprint density at radius 1 is 1.37 bits per heavy atom. The van der Waals surface area contributed by atoms with Gasteiger partial charge in [-0.05, 0) is 6.07 Å². The Hall–Kier alpha value is -2.77. The van der Waals surface area contributed by atoms with Crippen molar-refractivity contribution in [3.63, 3.8) is 0 Å². The molecule has 2 aromatic rings. The van der Waals surface area contributed by atoms with Crippen LogP contribution in [0.4, 0.5) is 11.6 Å². The zero-order chi connectivity index (χ0) is 13.7. The normalized spacial score (nSPS) is 9.95. The Bertz CT molecular complexity index is 573. The highest BCUT2D eigenvalue weighted by Gasteiger charge is 2.07. The summed E-state index contributed by atoms with van der Waals surface area (Å²) in [5, 5.41) is 13.4. The number of hydrogen-bond acceptors (Lipinski definition) is 7. The van der Waals surface area contributed by atoms with Crippen molar-refractivity contribution in [1.29, 1.82) is 0 Å². The molecular weight excluding hydrogens is 250 g/mol. The predicted octanol–water partition coefficient (Wildman–Crippen LogP) is 1.40. The first kappa shape index (κ1) is 12.7. The third-order valence-electron chi connectivity index (χ3n) is 2.33. The number of anilines is 1. The maximum Gasteiger partial charge on any atom is 0.305 e. The molecule has 19 heavy (non-hydrogen) atoms. The molecule has 2 aromatic heterocycles. The third-order valence-corrected chi connectivity index (χ3v) is 2.33. The number of aromatic nitrogens is 3. The zero-order valence-corrected chi connectivity index (χ0v) is 10.1. The fourth-order valence-electron chi connectivity index (χ4n) is 1.42. The summed E-state index contributed by atoms with van der Waals surface area (Å²) in [6.45, 7) is 0.412. The van der Waals surface area contributed by atoms with Crippen LogP contribution in [0.2, 0.25) is 0 Å². The summed E-state index contributed by atoms with van der Waals surface area (Å²) in [5.74, 6) is 0.813. The van der Waals surface area contributed by atoms with Gasteiger partial charge < -0.3 is 10.1 Å². The number of methoxy groups -OCH3 is 1. The first-order chi connectivity index (χ1) is 9.20. The molecule has 0 amide bonds. The van der Waals surface area contributed by atoms with Gasteiger partial charge in [-0.1, -0.05) is 6.07 Å². The van der Waals surface area contributed by atoms with Crippen LogP contribution in [0.5, 0.6) is 5.88 Å². The van der Waals surface area contributed by atoms with E-state index in [1.54, 1.807) is 12.3 Å². The highest BCUT2D eigenvalue weighted by molar-refractivity contribution is 5.34. The lowest BCUT2D eigenvalue weighted by atomic mass is 10.3. The summed E-state index contributed by atoms with van der Waals surface area (Å²) in [4.78, 5) is 21.7. The van der Waals surface area contributed by atoms with Gasteiger partial charge >= 0.3 is 5.69 Å². The van der Waals surface area contributed by atoms with Crippen LogP contribution in [-0.4, -0.2) is 27.0 Å². The molecule has 0 saturated carbocycles. The van der Waals surface area contributed by atoms with E-state index in [1.165, 1.54) is 7.11 Å². The molecule has 2 heterocycles. The molecule has 0 aromatic carbocycles. The highest BCUT2D eigenvalue weighted by atomic mass is 16.6. The van der Waals surface area contributed by atoms with Crippen LogP contribution < -0.4 is 10.1 Å². The van der Waals surface area contributed by atoms with Gasteiger partial charge in [0.1, 0.15) is 12.4 Å². The number of hydrogen-bond donors (Lipinski definition) is 1. The maximum atomic E-state index is 10.5. The maximum absolute atomic E-state index is 10.5. The van der Waals surface area contributed by atoms with Crippen LogP contribution in [0, 0.1) is 10.1 Å². The van der Waals surface area contributed by atoms with Crippen LogP contribution >= 0.6 is 0 Å². The number of nitrogens with zero attached hydrogens (tertiary/aromatic N) is 4. The van der Waals surface area contributed by atoms with Gasteiger partial charge in [0, 0.05) is 18.3 Å². The summed E-state index contributed by atoms with van der Waals surface area (Å²) in [5.41, 5.74) is 0.691. The molecule has 0 fully saturated rings. The van der Waals surface area contributed by atoms with E-state index in [0.29, 0.717) is 18.4 Å². The molecule has 0 unspecified atom stereocenters. The number of nitrogens with one attached hydrogen (secondary N) is 1. The second-order valence-corrected chi connectivity index (χ2v) is 3.55. The van der Waals surface area contributed by atoms with Crippen molar-refractivity contribution < 1.29 is 9.66 Å². The molecule has 8 nitrogen and oxygen atoms in total. The fourth-order valence-corrected chi connectivity index (χ4v) is 1.42. The molecule has 0 atom stereocenters. The van der Waals surface area contributed by atoms with E-state index in [-0.39, 0.29) is 5.69 Å². The largest absolute Gasteiger partial charge is 0.481 e. The number of nitro groups is 1. The summed E-state index contributed by atoms with van der Waals surface area (Å²) < 4.78 is 5.10. The van der Waals surface area contributed by atoms with E-state index >= 15 is 0 Å². The molecule has 0 aliphatic heterocycles. The minimum Gasteiger partial charge on any atom is -0.481 e. The highest BCUT2D eigenvalue weighted by Crippen LogP contribution is 2.15. The Balaban J connectivity index is 2.04. The van der Waals surface area contributed by atoms with Gasteiger partial charge in [0.05, 0.1) is 12.0 Å². The molecule has 2 rings (SSSR count). The van der Waals surface area contributed by atoms with Gasteiger partial charge in [-0.2, -0.15) is 0 Å². The molecule has 0 aliphatic carbocycles. The van der Waals surface area contributed by atoms with Crippen LogP contribution in [0.15, 0.2) is 30.7 Å². The standard InChI is InChI=1S/C11H11N5O3/c1-19-10-8(3-2-4-12-10)5-13-11-14-6-9(7-15-11)16(17)18/h2-4,6-7H,5H2,1H3,(H,13,14,15). The van der Waals surface area contributed by atoms with Crippen molar-refractivity contribution >= 4 is 11.6 Å². The summed E-state index contributed by atoms with van der Waals surface area (Å²) in [6, 6.07) is 3.64. The van der Waals surface area contributed by atoms with Crippen molar-refractivity contribution in [2.24, 2.45) is 0 Å². The Morgan fingerprint density at radius 3 is 2.74 bits per heavy atom. The molecule has 0 saturated heterocycles. The van der Waals surface area contributed by atoms with Crippen molar-refractivity contribution in [3.8, 4) is 5.88 Å². The van der Waals surface area contributed by atoms with Gasteiger partial charge in [0.2, 0.25) is 11.8 Å². The summed E-state index contributed by atoms with van der Waals surface area (Å²) in [6.07, 6.45) is 3.93. The number of pyridine rings is 1. The van der Waals surface area contributed by atoms with Gasteiger partial charge in [0.15, 0.2) is 0 Å². The lowest BCUT2D eigenvalue weighted by molar-refractivity contribution is -0.385. The molecular formula is C11H11N5O3. The van der Waals surface area contributed by atoms with Gasteiger partial charge in [-0.3, -0.25) is 10.1 Å². The Labute approximate surface area is 108 Å². The van der Waals surface area contributed by atoms with Crippen LogP contribution in [0.1, 0.15) is 5.56 Å². The second kappa shape index (κ2) is 5.71.